The van der Waals surface area contributed by atoms with Crippen molar-refractivity contribution in [2.24, 2.45) is 21.9 Å². The van der Waals surface area contributed by atoms with Gasteiger partial charge in [0.15, 0.2) is 0 Å². The number of aromatic nitrogens is 1. The van der Waals surface area contributed by atoms with E-state index < -0.39 is 35.8 Å². The van der Waals surface area contributed by atoms with Gasteiger partial charge >= 0.3 is 0 Å². The van der Waals surface area contributed by atoms with Crippen LogP contribution in [0.3, 0.4) is 0 Å². The number of fused-ring (bicyclic) bond motifs is 2. The van der Waals surface area contributed by atoms with E-state index in [1.54, 1.807) is 19.4 Å². The molecule has 0 bridgehead atoms. The molecule has 1 fully saturated rings. The molecule has 3 heterocycles. The Morgan fingerprint density at radius 2 is 1.76 bits per heavy atom. The summed E-state index contributed by atoms with van der Waals surface area (Å²) in [5.74, 6) is 3.26. The number of nitrogens with two attached hydrogens (primary N) is 1. The highest BCUT2D eigenvalue weighted by atomic mass is 19.1. The molecule has 0 unspecified atom stereocenters. The second-order valence-corrected chi connectivity index (χ2v) is 13.5. The summed E-state index contributed by atoms with van der Waals surface area (Å²) in [6.45, 7) is 5.04. The van der Waals surface area contributed by atoms with Gasteiger partial charge in [0.05, 0.1) is 5.56 Å². The summed E-state index contributed by atoms with van der Waals surface area (Å²) in [6.07, 6.45) is 10.8. The number of nitrogens with one attached hydrogen (secondary N) is 2. The fourth-order valence-electron chi connectivity index (χ4n) is 6.37. The van der Waals surface area contributed by atoms with Crippen LogP contribution in [0.1, 0.15) is 81.1 Å². The minimum absolute atomic E-state index is 0.00899. The van der Waals surface area contributed by atoms with E-state index in [-0.39, 0.29) is 42.1 Å². The van der Waals surface area contributed by atoms with Crippen LogP contribution in [0.5, 0.6) is 5.75 Å². The third kappa shape index (κ3) is 11.3. The second-order valence-electron chi connectivity index (χ2n) is 13.5. The van der Waals surface area contributed by atoms with Gasteiger partial charge in [-0.3, -0.25) is 29.2 Å². The highest BCUT2D eigenvalue weighted by molar-refractivity contribution is 6.31. The first-order valence-electron chi connectivity index (χ1n) is 17.8. The van der Waals surface area contributed by atoms with Gasteiger partial charge in [-0.05, 0) is 67.9 Å². The summed E-state index contributed by atoms with van der Waals surface area (Å²) >= 11 is 0. The van der Waals surface area contributed by atoms with Gasteiger partial charge in [-0.1, -0.05) is 33.1 Å². The van der Waals surface area contributed by atoms with Gasteiger partial charge in [-0.25, -0.2) is 4.39 Å². The predicted octanol–water partition coefficient (Wildman–Crippen LogP) is 3.27. The van der Waals surface area contributed by atoms with E-state index in [4.69, 9.17) is 10.6 Å². The molecule has 1 saturated heterocycles. The molecule has 0 radical (unpaired) electrons. The number of hydrogen-bond acceptors (Lipinski definition) is 9. The van der Waals surface area contributed by atoms with Crippen LogP contribution in [0.4, 0.5) is 4.39 Å². The summed E-state index contributed by atoms with van der Waals surface area (Å²) in [5, 5.41) is 9.58. The normalized spacial score (nSPS) is 23.2. The number of amides is 4. The fourth-order valence-corrected chi connectivity index (χ4v) is 6.37. The summed E-state index contributed by atoms with van der Waals surface area (Å²) in [5.41, 5.74) is 1.18. The van der Waals surface area contributed by atoms with E-state index in [1.165, 1.54) is 22.1 Å². The molecule has 13 nitrogen and oxygen atoms in total. The molecule has 3 atom stereocenters. The number of halogens is 1. The number of hydrazone groups is 1. The number of aliphatic imine (C=N–C) groups is 1. The summed E-state index contributed by atoms with van der Waals surface area (Å²) in [7, 11) is 1.61. The number of carbonyl (C=O) groups is 4. The predicted molar refractivity (Wildman–Crippen MR) is 193 cm³/mol. The monoisotopic (exact) mass is 706 g/mol. The number of pyridine rings is 1. The van der Waals surface area contributed by atoms with Crippen LogP contribution < -0.4 is 21.2 Å². The van der Waals surface area contributed by atoms with Crippen LogP contribution in [-0.2, 0) is 20.8 Å². The summed E-state index contributed by atoms with van der Waals surface area (Å²) in [6, 6.07) is 4.56. The molecule has 0 spiro atoms. The van der Waals surface area contributed by atoms with Crippen molar-refractivity contribution in [2.75, 3.05) is 33.3 Å². The van der Waals surface area contributed by atoms with E-state index in [2.05, 4.69) is 25.7 Å². The maximum Gasteiger partial charge on any atom is 0.255 e. The zero-order valence-corrected chi connectivity index (χ0v) is 29.9. The van der Waals surface area contributed by atoms with Gasteiger partial charge < -0.3 is 31.0 Å². The Balaban J connectivity index is 1.63. The topological polar surface area (TPSA) is 172 Å². The zero-order chi connectivity index (χ0) is 36.8. The molecule has 2 aliphatic rings. The highest BCUT2D eigenvalue weighted by Crippen LogP contribution is 2.25. The van der Waals surface area contributed by atoms with Crippen LogP contribution in [0.25, 0.3) is 0 Å². The average molecular weight is 707 g/mol. The number of rotatable bonds is 4. The van der Waals surface area contributed by atoms with Crippen LogP contribution in [-0.4, -0.2) is 102 Å². The molecule has 4 rings (SSSR count). The maximum absolute atomic E-state index is 14.4. The largest absolute Gasteiger partial charge is 0.486 e. The van der Waals surface area contributed by atoms with Gasteiger partial charge in [0.2, 0.25) is 17.7 Å². The molecule has 4 amide bonds. The lowest BCUT2D eigenvalue weighted by molar-refractivity contribution is -0.147. The second kappa shape index (κ2) is 19.5. The number of carbonyl (C=O) groups excluding carboxylic acids is 4. The molecular weight excluding hydrogens is 655 g/mol. The lowest BCUT2D eigenvalue weighted by atomic mass is 10.0. The van der Waals surface area contributed by atoms with Gasteiger partial charge in [0.1, 0.15) is 42.0 Å². The molecule has 0 saturated carbocycles. The van der Waals surface area contributed by atoms with Crippen molar-refractivity contribution in [1.82, 2.24) is 25.4 Å². The van der Waals surface area contributed by atoms with Crippen molar-refractivity contribution < 1.29 is 28.3 Å². The van der Waals surface area contributed by atoms with E-state index >= 15 is 0 Å². The van der Waals surface area contributed by atoms with Crippen molar-refractivity contribution in [2.45, 2.75) is 89.8 Å². The fraction of sp³-hybridized carbons (Fsp3) is 0.541. The first kappa shape index (κ1) is 38.9. The minimum Gasteiger partial charge on any atom is -0.486 e. The molecule has 276 valence electrons. The number of hydrogen-bond donors (Lipinski definition) is 3. The first-order chi connectivity index (χ1) is 24.6. The third-order valence-electron chi connectivity index (χ3n) is 9.16. The van der Waals surface area contributed by atoms with Crippen LogP contribution in [0, 0.1) is 11.7 Å². The molecular formula is C37H51FN8O5. The lowest BCUT2D eigenvalue weighted by Crippen LogP contribution is -2.57. The number of ether oxygens (including phenoxy) is 1. The van der Waals surface area contributed by atoms with Gasteiger partial charge in [0, 0.05) is 57.8 Å². The zero-order valence-electron chi connectivity index (χ0n) is 29.9. The molecule has 2 aromatic rings. The highest BCUT2D eigenvalue weighted by Gasteiger charge is 2.41. The van der Waals surface area contributed by atoms with Gasteiger partial charge in [-0.2, -0.15) is 5.10 Å². The maximum atomic E-state index is 14.4. The van der Waals surface area contributed by atoms with Crippen molar-refractivity contribution in [3.8, 4) is 5.75 Å². The Morgan fingerprint density at radius 1 is 1.02 bits per heavy atom. The molecule has 14 heteroatoms. The lowest BCUT2D eigenvalue weighted by Gasteiger charge is -2.34. The van der Waals surface area contributed by atoms with Crippen molar-refractivity contribution >= 4 is 35.6 Å². The van der Waals surface area contributed by atoms with Crippen molar-refractivity contribution in [1.29, 1.82) is 0 Å². The van der Waals surface area contributed by atoms with E-state index in [0.717, 1.165) is 49.8 Å². The molecule has 4 N–H and O–H groups in total. The third-order valence-corrected chi connectivity index (χ3v) is 9.16. The summed E-state index contributed by atoms with van der Waals surface area (Å²) in [4.78, 5) is 67.1. The smallest absolute Gasteiger partial charge is 0.255 e. The molecule has 1 aromatic carbocycles. The van der Waals surface area contributed by atoms with E-state index in [1.807, 2.05) is 26.0 Å². The Hall–Kier alpha value is -4.88. The Kier molecular flexibility index (Phi) is 14.9. The SMILES string of the molecule is CC(C)C[C@H]1NC(=O)c2ccc(F)cc2OCC(=NN)C=NCCCCCCCNC(=O)[C@H](Cc2ccncc2)N(C)C(=O)[C@H]2CCCN2C1=O. The summed E-state index contributed by atoms with van der Waals surface area (Å²) < 4.78 is 20.2. The number of likely N-dealkylation sites (N-methyl/N-ethyl adjacent to an activating group) is 1. The van der Waals surface area contributed by atoms with Crippen LogP contribution in [0.15, 0.2) is 52.8 Å². The molecule has 0 aliphatic carbocycles. The Bertz CT molecular complexity index is 1550. The number of nitrogens with zero attached hydrogens (tertiary/aromatic N) is 5. The molecule has 1 aromatic heterocycles. The van der Waals surface area contributed by atoms with Crippen LogP contribution in [0.2, 0.25) is 0 Å². The quantitative estimate of drug-likeness (QED) is 0.324. The van der Waals surface area contributed by atoms with Crippen molar-refractivity contribution in [3.63, 3.8) is 0 Å². The van der Waals surface area contributed by atoms with Crippen LogP contribution >= 0.6 is 0 Å². The van der Waals surface area contributed by atoms with Gasteiger partial charge in [-0.15, -0.1) is 0 Å². The molecule has 51 heavy (non-hydrogen) atoms. The minimum atomic E-state index is -0.979. The van der Waals surface area contributed by atoms with Gasteiger partial charge in [0.25, 0.3) is 5.91 Å². The Morgan fingerprint density at radius 3 is 2.51 bits per heavy atom. The standard InChI is InChI=1S/C37H51FN8O5/c1-25(2)20-30-36(49)46-19-9-10-31(46)37(50)45(3)32(21-26-13-17-40-18-14-26)35(48)42-16-8-6-4-5-7-15-41-23-28(44-39)24-51-33-22-27(38)11-12-29(33)34(47)43-30/h11-14,17-18,22-23,25,30-32H,4-10,15-16,19-21,24,39H2,1-3H3,(H,42,48)(H,43,47)/t30-,31-,32+/m1/s1. The molecule has 2 aliphatic heterocycles. The Labute approximate surface area is 299 Å². The number of benzene rings is 1. The first-order valence-corrected chi connectivity index (χ1v) is 17.8. The average Bonchev–Trinajstić information content (AvgIpc) is 3.61. The van der Waals surface area contributed by atoms with E-state index in [0.29, 0.717) is 44.6 Å². The van der Waals surface area contributed by atoms with E-state index in [9.17, 15) is 23.6 Å². The van der Waals surface area contributed by atoms with Crippen molar-refractivity contribution in [3.05, 3.63) is 59.7 Å².